The van der Waals surface area contributed by atoms with Crippen LogP contribution < -0.4 is 10.5 Å². The lowest BCUT2D eigenvalue weighted by Gasteiger charge is -2.13. The van der Waals surface area contributed by atoms with Crippen molar-refractivity contribution in [2.75, 3.05) is 18.5 Å². The third-order valence-corrected chi connectivity index (χ3v) is 4.81. The Morgan fingerprint density at radius 2 is 2.23 bits per heavy atom. The van der Waals surface area contributed by atoms with E-state index in [-0.39, 0.29) is 4.90 Å². The Kier molecular flexibility index (Phi) is 4.28. The Hall–Kier alpha value is -1.70. The Bertz CT molecular complexity index is 771. The lowest BCUT2D eigenvalue weighted by atomic mass is 10.1. The van der Waals surface area contributed by atoms with Crippen LogP contribution in [0.15, 0.2) is 35.4 Å². The molecular formula is C15H19N3O3S. The normalized spacial score (nSPS) is 18.7. The van der Waals surface area contributed by atoms with Crippen LogP contribution in [0.3, 0.4) is 0 Å². The van der Waals surface area contributed by atoms with Crippen molar-refractivity contribution in [1.82, 2.24) is 4.98 Å². The van der Waals surface area contributed by atoms with Crippen LogP contribution in [0.4, 0.5) is 5.69 Å². The molecule has 0 unspecified atom stereocenters. The van der Waals surface area contributed by atoms with Crippen LogP contribution in [-0.2, 0) is 14.8 Å². The highest BCUT2D eigenvalue weighted by Crippen LogP contribution is 2.27. The predicted octanol–water partition coefficient (Wildman–Crippen LogP) is 1.86. The van der Waals surface area contributed by atoms with Crippen molar-refractivity contribution in [2.45, 2.75) is 30.3 Å². The molecule has 0 saturated carbocycles. The van der Waals surface area contributed by atoms with Crippen LogP contribution in [0.5, 0.6) is 0 Å². The number of benzene rings is 1. The van der Waals surface area contributed by atoms with Crippen LogP contribution >= 0.6 is 0 Å². The van der Waals surface area contributed by atoms with Crippen molar-refractivity contribution in [2.24, 2.45) is 5.14 Å². The Balaban J connectivity index is 1.84. The summed E-state index contributed by atoms with van der Waals surface area (Å²) in [5, 5.41) is 9.11. The molecule has 0 bridgehead atoms. The van der Waals surface area contributed by atoms with E-state index in [4.69, 9.17) is 9.88 Å². The predicted molar refractivity (Wildman–Crippen MR) is 85.2 cm³/mol. The summed E-state index contributed by atoms with van der Waals surface area (Å²) in [6.45, 7) is 1.60. The van der Waals surface area contributed by atoms with E-state index in [0.717, 1.165) is 38.1 Å². The minimum Gasteiger partial charge on any atom is -0.383 e. The average molecular weight is 321 g/mol. The van der Waals surface area contributed by atoms with Gasteiger partial charge in [0, 0.05) is 24.7 Å². The van der Waals surface area contributed by atoms with E-state index in [1.165, 1.54) is 6.07 Å². The highest BCUT2D eigenvalue weighted by atomic mass is 32.2. The highest BCUT2D eigenvalue weighted by molar-refractivity contribution is 7.89. The summed E-state index contributed by atoms with van der Waals surface area (Å²) in [5.74, 6) is 0. The molecule has 1 fully saturated rings. The molecule has 1 aliphatic heterocycles. The summed E-state index contributed by atoms with van der Waals surface area (Å²) < 4.78 is 28.9. The molecule has 1 atom stereocenters. The number of nitrogens with zero attached hydrogens (tertiary/aromatic N) is 1. The SMILES string of the molecule is NS(=O)(=O)c1ccc(NCC[C@H]2CCCO2)c2ncccc12. The van der Waals surface area contributed by atoms with Gasteiger partial charge in [-0.15, -0.1) is 0 Å². The summed E-state index contributed by atoms with van der Waals surface area (Å²) in [6, 6.07) is 6.65. The summed E-state index contributed by atoms with van der Waals surface area (Å²) in [4.78, 5) is 4.39. The van der Waals surface area contributed by atoms with Gasteiger partial charge >= 0.3 is 0 Å². The van der Waals surface area contributed by atoms with Gasteiger partial charge < -0.3 is 10.1 Å². The van der Waals surface area contributed by atoms with E-state index in [1.54, 1.807) is 24.4 Å². The molecule has 22 heavy (non-hydrogen) atoms. The number of sulfonamides is 1. The second-order valence-corrected chi connectivity index (χ2v) is 6.94. The minimum atomic E-state index is -3.77. The van der Waals surface area contributed by atoms with Crippen LogP contribution in [0.1, 0.15) is 19.3 Å². The number of fused-ring (bicyclic) bond motifs is 1. The van der Waals surface area contributed by atoms with Gasteiger partial charge in [0.2, 0.25) is 10.0 Å². The molecule has 1 saturated heterocycles. The zero-order valence-corrected chi connectivity index (χ0v) is 13.0. The van der Waals surface area contributed by atoms with Gasteiger partial charge in [-0.25, -0.2) is 13.6 Å². The quantitative estimate of drug-likeness (QED) is 0.876. The molecule has 2 aromatic rings. The van der Waals surface area contributed by atoms with Crippen molar-refractivity contribution < 1.29 is 13.2 Å². The number of rotatable bonds is 5. The van der Waals surface area contributed by atoms with E-state index in [0.29, 0.717) is 17.0 Å². The van der Waals surface area contributed by atoms with E-state index in [9.17, 15) is 8.42 Å². The van der Waals surface area contributed by atoms with E-state index in [2.05, 4.69) is 10.3 Å². The zero-order valence-electron chi connectivity index (χ0n) is 12.2. The summed E-state index contributed by atoms with van der Waals surface area (Å²) in [6.07, 6.45) is 5.10. The van der Waals surface area contributed by atoms with Gasteiger partial charge in [-0.05, 0) is 43.5 Å². The lowest BCUT2D eigenvalue weighted by molar-refractivity contribution is 0.107. The van der Waals surface area contributed by atoms with Gasteiger partial charge in [-0.2, -0.15) is 0 Å². The lowest BCUT2D eigenvalue weighted by Crippen LogP contribution is -2.14. The summed E-state index contributed by atoms with van der Waals surface area (Å²) >= 11 is 0. The van der Waals surface area contributed by atoms with Gasteiger partial charge in [0.1, 0.15) is 0 Å². The van der Waals surface area contributed by atoms with E-state index >= 15 is 0 Å². The van der Waals surface area contributed by atoms with Crippen LogP contribution in [0, 0.1) is 0 Å². The van der Waals surface area contributed by atoms with Gasteiger partial charge in [-0.3, -0.25) is 4.98 Å². The zero-order chi connectivity index (χ0) is 15.6. The molecule has 0 radical (unpaired) electrons. The Morgan fingerprint density at radius 1 is 1.36 bits per heavy atom. The second-order valence-electron chi connectivity index (χ2n) is 5.41. The molecule has 1 aromatic carbocycles. The van der Waals surface area contributed by atoms with Crippen molar-refractivity contribution in [1.29, 1.82) is 0 Å². The molecular weight excluding hydrogens is 302 g/mol. The third-order valence-electron chi connectivity index (χ3n) is 3.84. The van der Waals surface area contributed by atoms with Gasteiger partial charge in [0.15, 0.2) is 0 Å². The monoisotopic (exact) mass is 321 g/mol. The number of nitrogens with two attached hydrogens (primary N) is 1. The van der Waals surface area contributed by atoms with Crippen molar-refractivity contribution in [3.05, 3.63) is 30.5 Å². The number of hydrogen-bond donors (Lipinski definition) is 2. The summed E-state index contributed by atoms with van der Waals surface area (Å²) in [7, 11) is -3.77. The number of aromatic nitrogens is 1. The smallest absolute Gasteiger partial charge is 0.238 e. The first-order chi connectivity index (χ1) is 10.6. The number of anilines is 1. The fourth-order valence-electron chi connectivity index (χ4n) is 2.78. The maximum absolute atomic E-state index is 11.7. The molecule has 3 rings (SSSR count). The highest BCUT2D eigenvalue weighted by Gasteiger charge is 2.17. The standard InChI is InChI=1S/C15H19N3O3S/c16-22(19,20)14-6-5-13(15-12(14)4-1-8-18-15)17-9-7-11-3-2-10-21-11/h1,4-6,8,11,17H,2-3,7,9-10H2,(H2,16,19,20)/t11-/m1/s1. The molecule has 3 N–H and O–H groups in total. The van der Waals surface area contributed by atoms with Crippen molar-refractivity contribution in [3.63, 3.8) is 0 Å². The molecule has 1 aliphatic rings. The first-order valence-electron chi connectivity index (χ1n) is 7.32. The van der Waals surface area contributed by atoms with E-state index in [1.807, 2.05) is 0 Å². The maximum Gasteiger partial charge on any atom is 0.238 e. The molecule has 0 spiro atoms. The fraction of sp³-hybridized carbons (Fsp3) is 0.400. The molecule has 6 nitrogen and oxygen atoms in total. The average Bonchev–Trinajstić information content (AvgIpc) is 2.99. The van der Waals surface area contributed by atoms with Gasteiger partial charge in [-0.1, -0.05) is 0 Å². The molecule has 0 amide bonds. The van der Waals surface area contributed by atoms with Crippen molar-refractivity contribution in [3.8, 4) is 0 Å². The Morgan fingerprint density at radius 3 is 2.95 bits per heavy atom. The van der Waals surface area contributed by atoms with Crippen LogP contribution in [0.25, 0.3) is 10.9 Å². The van der Waals surface area contributed by atoms with Gasteiger partial charge in [0.05, 0.1) is 22.2 Å². The van der Waals surface area contributed by atoms with Crippen LogP contribution in [0.2, 0.25) is 0 Å². The number of pyridine rings is 1. The maximum atomic E-state index is 11.7. The molecule has 7 heteroatoms. The van der Waals surface area contributed by atoms with Gasteiger partial charge in [0.25, 0.3) is 0 Å². The third kappa shape index (κ3) is 3.21. The molecule has 1 aromatic heterocycles. The number of hydrogen-bond acceptors (Lipinski definition) is 5. The number of nitrogens with one attached hydrogen (secondary N) is 1. The first-order valence-corrected chi connectivity index (χ1v) is 8.86. The van der Waals surface area contributed by atoms with Crippen molar-refractivity contribution >= 4 is 26.6 Å². The fourth-order valence-corrected chi connectivity index (χ4v) is 3.51. The van der Waals surface area contributed by atoms with E-state index < -0.39 is 10.0 Å². The first kappa shape index (κ1) is 15.2. The van der Waals surface area contributed by atoms with Crippen LogP contribution in [-0.4, -0.2) is 32.7 Å². The largest absolute Gasteiger partial charge is 0.383 e. The molecule has 2 heterocycles. The number of ether oxygens (including phenoxy) is 1. The number of primary sulfonamides is 1. The second kappa shape index (κ2) is 6.20. The Labute approximate surface area is 129 Å². The topological polar surface area (TPSA) is 94.3 Å². The minimum absolute atomic E-state index is 0.0975. The molecule has 118 valence electrons. The summed E-state index contributed by atoms with van der Waals surface area (Å²) in [5.41, 5.74) is 1.42. The molecule has 0 aliphatic carbocycles.